The van der Waals surface area contributed by atoms with Crippen LogP contribution >= 0.6 is 11.6 Å². The normalized spacial score (nSPS) is 12.5. The monoisotopic (exact) mass is 233 g/mol. The van der Waals surface area contributed by atoms with Crippen molar-refractivity contribution in [2.24, 2.45) is 5.92 Å². The Morgan fingerprint density at radius 2 is 1.93 bits per heavy atom. The first-order chi connectivity index (χ1) is 7.24. The average molecular weight is 234 g/mol. The van der Waals surface area contributed by atoms with Gasteiger partial charge in [0.15, 0.2) is 0 Å². The van der Waals surface area contributed by atoms with E-state index in [1.54, 1.807) is 0 Å². The fourth-order valence-electron chi connectivity index (χ4n) is 1.75. The van der Waals surface area contributed by atoms with Gasteiger partial charge in [-0.3, -0.25) is 4.79 Å². The molecule has 0 saturated heterocycles. The van der Waals surface area contributed by atoms with E-state index in [-0.39, 0.29) is 11.8 Å². The van der Waals surface area contributed by atoms with Gasteiger partial charge in [0.05, 0.1) is 0 Å². The van der Waals surface area contributed by atoms with Gasteiger partial charge in [-0.25, -0.2) is 0 Å². The Morgan fingerprint density at radius 3 is 2.47 bits per heavy atom. The van der Waals surface area contributed by atoms with E-state index in [1.165, 1.54) is 38.5 Å². The van der Waals surface area contributed by atoms with Crippen LogP contribution in [0, 0.1) is 5.92 Å². The summed E-state index contributed by atoms with van der Waals surface area (Å²) in [6.45, 7) is 5.20. The van der Waals surface area contributed by atoms with Gasteiger partial charge in [-0.2, -0.15) is 0 Å². The molecular weight excluding hydrogens is 210 g/mol. The first-order valence-corrected chi connectivity index (χ1v) is 6.60. The van der Waals surface area contributed by atoms with Gasteiger partial charge in [-0.15, -0.1) is 11.6 Å². The minimum Gasteiger partial charge on any atom is -0.355 e. The Kier molecular flexibility index (Phi) is 10.1. The highest BCUT2D eigenvalue weighted by Gasteiger charge is 2.08. The summed E-state index contributed by atoms with van der Waals surface area (Å²) in [7, 11) is 0. The molecule has 0 fully saturated rings. The number of carbonyl (C=O) groups excluding carboxylic acids is 1. The van der Waals surface area contributed by atoms with Gasteiger partial charge in [-0.1, -0.05) is 39.5 Å². The van der Waals surface area contributed by atoms with Crippen molar-refractivity contribution in [2.45, 2.75) is 52.4 Å². The third-order valence-electron chi connectivity index (χ3n) is 2.62. The van der Waals surface area contributed by atoms with Gasteiger partial charge in [0.2, 0.25) is 5.91 Å². The third-order valence-corrected chi connectivity index (χ3v) is 2.86. The van der Waals surface area contributed by atoms with Crippen LogP contribution in [-0.4, -0.2) is 18.3 Å². The van der Waals surface area contributed by atoms with E-state index in [0.29, 0.717) is 5.92 Å². The molecule has 3 heteroatoms. The van der Waals surface area contributed by atoms with Crippen LogP contribution in [0.1, 0.15) is 52.4 Å². The number of rotatable bonds is 9. The van der Waals surface area contributed by atoms with Gasteiger partial charge < -0.3 is 5.32 Å². The Morgan fingerprint density at radius 1 is 1.20 bits per heavy atom. The molecule has 0 aliphatic carbocycles. The average Bonchev–Trinajstić information content (AvgIpc) is 2.25. The number of nitrogens with one attached hydrogen (secondary N) is 1. The molecule has 2 nitrogen and oxygen atoms in total. The highest BCUT2D eigenvalue weighted by molar-refractivity contribution is 6.27. The number of halogens is 1. The van der Waals surface area contributed by atoms with Crippen LogP contribution in [0.2, 0.25) is 0 Å². The molecule has 0 bridgehead atoms. The fraction of sp³-hybridized carbons (Fsp3) is 0.917. The van der Waals surface area contributed by atoms with Crippen molar-refractivity contribution in [3.8, 4) is 0 Å². The number of alkyl halides is 1. The molecule has 0 saturated carbocycles. The van der Waals surface area contributed by atoms with Crippen molar-refractivity contribution >= 4 is 17.5 Å². The molecule has 0 spiro atoms. The molecule has 0 aliphatic rings. The number of unbranched alkanes of at least 4 members (excludes halogenated alkanes) is 2. The zero-order chi connectivity index (χ0) is 11.5. The van der Waals surface area contributed by atoms with Crippen molar-refractivity contribution < 1.29 is 4.79 Å². The molecule has 15 heavy (non-hydrogen) atoms. The highest BCUT2D eigenvalue weighted by Crippen LogP contribution is 2.14. The molecular formula is C12H24ClNO. The number of amides is 1. The van der Waals surface area contributed by atoms with E-state index >= 15 is 0 Å². The van der Waals surface area contributed by atoms with E-state index in [4.69, 9.17) is 11.6 Å². The maximum absolute atomic E-state index is 11.0. The van der Waals surface area contributed by atoms with Gasteiger partial charge in [0.1, 0.15) is 5.88 Å². The summed E-state index contributed by atoms with van der Waals surface area (Å²) >= 11 is 5.43. The lowest BCUT2D eigenvalue weighted by Gasteiger charge is -2.16. The van der Waals surface area contributed by atoms with E-state index in [0.717, 1.165) is 6.54 Å². The second kappa shape index (κ2) is 10.3. The standard InChI is InChI=1S/C12H24ClNO/c1-3-5-6-8-11(7-4-2)10-14-12(15)9-13/h11H,3-10H2,1-2H3,(H,14,15). The molecule has 1 N–H and O–H groups in total. The lowest BCUT2D eigenvalue weighted by Crippen LogP contribution is -2.30. The van der Waals surface area contributed by atoms with Crippen LogP contribution in [0.4, 0.5) is 0 Å². The first kappa shape index (κ1) is 14.8. The van der Waals surface area contributed by atoms with E-state index in [1.807, 2.05) is 0 Å². The van der Waals surface area contributed by atoms with Crippen molar-refractivity contribution in [3.63, 3.8) is 0 Å². The largest absolute Gasteiger partial charge is 0.355 e. The van der Waals surface area contributed by atoms with Crippen LogP contribution in [0.5, 0.6) is 0 Å². The minimum absolute atomic E-state index is 0.0479. The maximum Gasteiger partial charge on any atom is 0.234 e. The van der Waals surface area contributed by atoms with Crippen LogP contribution in [-0.2, 0) is 4.79 Å². The highest BCUT2D eigenvalue weighted by atomic mass is 35.5. The van der Waals surface area contributed by atoms with Crippen molar-refractivity contribution in [2.75, 3.05) is 12.4 Å². The van der Waals surface area contributed by atoms with Crippen LogP contribution in [0.25, 0.3) is 0 Å². The first-order valence-electron chi connectivity index (χ1n) is 6.07. The van der Waals surface area contributed by atoms with Gasteiger partial charge in [0.25, 0.3) is 0 Å². The summed E-state index contributed by atoms with van der Waals surface area (Å²) in [6, 6.07) is 0. The molecule has 0 radical (unpaired) electrons. The number of carbonyl (C=O) groups is 1. The Bertz CT molecular complexity index is 162. The topological polar surface area (TPSA) is 29.1 Å². The summed E-state index contributed by atoms with van der Waals surface area (Å²) in [4.78, 5) is 11.0. The molecule has 1 unspecified atom stereocenters. The summed E-state index contributed by atoms with van der Waals surface area (Å²) in [5.74, 6) is 0.662. The van der Waals surface area contributed by atoms with Crippen LogP contribution < -0.4 is 5.32 Å². The Balaban J connectivity index is 3.66. The predicted octanol–water partition coefficient (Wildman–Crippen LogP) is 3.34. The third kappa shape index (κ3) is 8.73. The maximum atomic E-state index is 11.0. The van der Waals surface area contributed by atoms with Crippen molar-refractivity contribution in [1.82, 2.24) is 5.32 Å². The quantitative estimate of drug-likeness (QED) is 0.480. The molecule has 0 heterocycles. The molecule has 0 aromatic rings. The number of hydrogen-bond donors (Lipinski definition) is 1. The van der Waals surface area contributed by atoms with Crippen LogP contribution in [0.15, 0.2) is 0 Å². The Labute approximate surface area is 98.8 Å². The second-order valence-electron chi connectivity index (χ2n) is 4.09. The molecule has 0 aliphatic heterocycles. The Hall–Kier alpha value is -0.240. The molecule has 1 amide bonds. The number of hydrogen-bond acceptors (Lipinski definition) is 1. The SMILES string of the molecule is CCCCCC(CCC)CNC(=O)CCl. The molecule has 0 aromatic heterocycles. The zero-order valence-electron chi connectivity index (χ0n) is 10.0. The lowest BCUT2D eigenvalue weighted by molar-refractivity contribution is -0.118. The van der Waals surface area contributed by atoms with Crippen molar-refractivity contribution in [3.05, 3.63) is 0 Å². The fourth-order valence-corrected chi connectivity index (χ4v) is 1.84. The van der Waals surface area contributed by atoms with E-state index < -0.39 is 0 Å². The molecule has 90 valence electrons. The molecule has 0 rings (SSSR count). The second-order valence-corrected chi connectivity index (χ2v) is 4.36. The summed E-state index contributed by atoms with van der Waals surface area (Å²) in [6.07, 6.45) is 7.44. The smallest absolute Gasteiger partial charge is 0.234 e. The van der Waals surface area contributed by atoms with E-state index in [9.17, 15) is 4.79 Å². The molecule has 0 aromatic carbocycles. The zero-order valence-corrected chi connectivity index (χ0v) is 10.8. The summed E-state index contributed by atoms with van der Waals surface area (Å²) in [5, 5.41) is 2.87. The lowest BCUT2D eigenvalue weighted by atomic mass is 9.96. The van der Waals surface area contributed by atoms with Crippen LogP contribution in [0.3, 0.4) is 0 Å². The summed E-state index contributed by atoms with van der Waals surface area (Å²) < 4.78 is 0. The van der Waals surface area contributed by atoms with Gasteiger partial charge in [0, 0.05) is 6.54 Å². The van der Waals surface area contributed by atoms with Crippen molar-refractivity contribution in [1.29, 1.82) is 0 Å². The minimum atomic E-state index is -0.0479. The van der Waals surface area contributed by atoms with Gasteiger partial charge in [-0.05, 0) is 18.8 Å². The summed E-state index contributed by atoms with van der Waals surface area (Å²) in [5.41, 5.74) is 0. The molecule has 1 atom stereocenters. The predicted molar refractivity (Wildman–Crippen MR) is 66.3 cm³/mol. The van der Waals surface area contributed by atoms with Gasteiger partial charge >= 0.3 is 0 Å². The van der Waals surface area contributed by atoms with E-state index in [2.05, 4.69) is 19.2 Å².